The van der Waals surface area contributed by atoms with Gasteiger partial charge in [-0.3, -0.25) is 4.90 Å². The summed E-state index contributed by atoms with van der Waals surface area (Å²) < 4.78 is 17.3. The van der Waals surface area contributed by atoms with Crippen molar-refractivity contribution in [3.05, 3.63) is 30.3 Å². The Morgan fingerprint density at radius 1 is 0.963 bits per heavy atom. The van der Waals surface area contributed by atoms with Crippen molar-refractivity contribution >= 4 is 24.8 Å². The minimum absolute atomic E-state index is 0. The molecular weight excluding hydrogens is 391 g/mol. The highest BCUT2D eigenvalue weighted by Crippen LogP contribution is 2.30. The van der Waals surface area contributed by atoms with Gasteiger partial charge in [0.2, 0.25) is 0 Å². The highest BCUT2D eigenvalue weighted by Gasteiger charge is 2.49. The van der Waals surface area contributed by atoms with E-state index in [0.717, 1.165) is 51.5 Å². The van der Waals surface area contributed by atoms with Gasteiger partial charge in [-0.25, -0.2) is 0 Å². The summed E-state index contributed by atoms with van der Waals surface area (Å²) in [5.41, 5.74) is 0. The monoisotopic (exact) mass is 420 g/mol. The molecule has 0 spiro atoms. The number of fused-ring (bicyclic) bond motifs is 1. The lowest BCUT2D eigenvalue weighted by atomic mass is 10.1. The maximum Gasteiger partial charge on any atom is 0.119 e. The van der Waals surface area contributed by atoms with Crippen LogP contribution < -0.4 is 4.74 Å². The number of hydrogen-bond acceptors (Lipinski definition) is 6. The Balaban J connectivity index is 0.00000131. The maximum absolute atomic E-state index is 9.87. The van der Waals surface area contributed by atoms with Gasteiger partial charge < -0.3 is 24.2 Å². The number of rotatable bonds is 6. The highest BCUT2D eigenvalue weighted by molar-refractivity contribution is 5.85. The minimum atomic E-state index is -0.457. The molecule has 8 heteroatoms. The second kappa shape index (κ2) is 10.8. The summed E-state index contributed by atoms with van der Waals surface area (Å²) in [5, 5.41) is 9.87. The van der Waals surface area contributed by atoms with Crippen molar-refractivity contribution < 1.29 is 19.3 Å². The van der Waals surface area contributed by atoms with E-state index in [0.29, 0.717) is 19.3 Å². The predicted octanol–water partition coefficient (Wildman–Crippen LogP) is 1.44. The van der Waals surface area contributed by atoms with Gasteiger partial charge in [0.15, 0.2) is 0 Å². The summed E-state index contributed by atoms with van der Waals surface area (Å²) in [6.07, 6.45) is 0.501. The first-order chi connectivity index (χ1) is 12.3. The topological polar surface area (TPSA) is 54.4 Å². The van der Waals surface area contributed by atoms with E-state index in [-0.39, 0.29) is 37.0 Å². The predicted molar refractivity (Wildman–Crippen MR) is 108 cm³/mol. The summed E-state index contributed by atoms with van der Waals surface area (Å²) in [5.74, 6) is 0.946. The Hall–Kier alpha value is -0.600. The zero-order valence-corrected chi connectivity index (χ0v) is 17.1. The molecule has 0 amide bonds. The van der Waals surface area contributed by atoms with Crippen molar-refractivity contribution in [3.63, 3.8) is 0 Å². The van der Waals surface area contributed by atoms with E-state index in [9.17, 15) is 5.11 Å². The molecule has 4 rings (SSSR count). The van der Waals surface area contributed by atoms with Crippen LogP contribution in [0.5, 0.6) is 5.75 Å². The molecule has 1 N–H and O–H groups in total. The molecule has 0 radical (unpaired) electrons. The summed E-state index contributed by atoms with van der Waals surface area (Å²) in [7, 11) is 0. The van der Waals surface area contributed by atoms with Gasteiger partial charge in [-0.2, -0.15) is 0 Å². The average Bonchev–Trinajstić information content (AvgIpc) is 3.23. The second-order valence-electron chi connectivity index (χ2n) is 7.12. The van der Waals surface area contributed by atoms with Crippen molar-refractivity contribution in [2.75, 3.05) is 52.5 Å². The fourth-order valence-corrected chi connectivity index (χ4v) is 4.09. The third-order valence-corrected chi connectivity index (χ3v) is 5.51. The van der Waals surface area contributed by atoms with Crippen LogP contribution in [0.15, 0.2) is 30.3 Å². The molecule has 0 saturated carbocycles. The van der Waals surface area contributed by atoms with Crippen LogP contribution in [-0.4, -0.2) is 91.8 Å². The molecular formula is C19H30Cl2N2O4. The standard InChI is InChI=1S/C19H28N2O4.2ClH/c22-17-14-25-18-16(13-24-19(17)18)21-10-8-20(9-11-21)7-4-12-23-15-5-2-1-3-6-15;;/h1-3,5-6,16-19,22H,4,7-14H2;2*1H/t16-,17-,18+,19+;;/m0../s1. The fraction of sp³-hybridized carbons (Fsp3) is 0.684. The summed E-state index contributed by atoms with van der Waals surface area (Å²) in [6.45, 7) is 7.14. The number of benzene rings is 1. The lowest BCUT2D eigenvalue weighted by molar-refractivity contribution is 0.00327. The van der Waals surface area contributed by atoms with Gasteiger partial charge >= 0.3 is 0 Å². The van der Waals surface area contributed by atoms with Gasteiger partial charge in [-0.05, 0) is 18.6 Å². The van der Waals surface area contributed by atoms with E-state index < -0.39 is 6.10 Å². The van der Waals surface area contributed by atoms with Crippen molar-refractivity contribution in [2.24, 2.45) is 0 Å². The van der Waals surface area contributed by atoms with Crippen LogP contribution >= 0.6 is 24.8 Å². The van der Waals surface area contributed by atoms with Gasteiger partial charge in [0.25, 0.3) is 0 Å². The van der Waals surface area contributed by atoms with Crippen LogP contribution in [-0.2, 0) is 9.47 Å². The lowest BCUT2D eigenvalue weighted by Crippen LogP contribution is -2.54. The molecule has 3 heterocycles. The lowest BCUT2D eigenvalue weighted by Gasteiger charge is -2.38. The molecule has 0 unspecified atom stereocenters. The number of piperazine rings is 1. The van der Waals surface area contributed by atoms with E-state index >= 15 is 0 Å². The quantitative estimate of drug-likeness (QED) is 0.702. The van der Waals surface area contributed by atoms with Crippen LogP contribution in [0.2, 0.25) is 0 Å². The van der Waals surface area contributed by atoms with E-state index in [1.165, 1.54) is 0 Å². The molecule has 154 valence electrons. The Bertz CT molecular complexity index is 546. The Morgan fingerprint density at radius 3 is 2.41 bits per heavy atom. The molecule has 1 aromatic carbocycles. The molecule has 0 aliphatic carbocycles. The van der Waals surface area contributed by atoms with Gasteiger partial charge in [-0.1, -0.05) is 18.2 Å². The third kappa shape index (κ3) is 5.48. The first kappa shape index (κ1) is 22.7. The summed E-state index contributed by atoms with van der Waals surface area (Å²) >= 11 is 0. The molecule has 1 aromatic rings. The first-order valence-corrected chi connectivity index (χ1v) is 9.37. The Labute approximate surface area is 173 Å². The number of aliphatic hydroxyl groups is 1. The van der Waals surface area contributed by atoms with Crippen LogP contribution in [0.1, 0.15) is 6.42 Å². The maximum atomic E-state index is 9.87. The highest BCUT2D eigenvalue weighted by atomic mass is 35.5. The molecule has 3 saturated heterocycles. The summed E-state index contributed by atoms with van der Waals surface area (Å²) in [6, 6.07) is 10.3. The number of para-hydroxylation sites is 1. The van der Waals surface area contributed by atoms with Crippen LogP contribution in [0.3, 0.4) is 0 Å². The normalized spacial score (nSPS) is 31.0. The molecule has 3 aliphatic heterocycles. The Kier molecular flexibility index (Phi) is 9.08. The van der Waals surface area contributed by atoms with E-state index in [1.54, 1.807) is 0 Å². The van der Waals surface area contributed by atoms with Gasteiger partial charge in [0, 0.05) is 32.7 Å². The van der Waals surface area contributed by atoms with Gasteiger partial charge in [-0.15, -0.1) is 24.8 Å². The molecule has 0 aromatic heterocycles. The molecule has 27 heavy (non-hydrogen) atoms. The molecule has 0 bridgehead atoms. The number of aliphatic hydroxyl groups excluding tert-OH is 1. The number of halogens is 2. The number of ether oxygens (including phenoxy) is 3. The second-order valence-corrected chi connectivity index (χ2v) is 7.12. The van der Waals surface area contributed by atoms with E-state index in [2.05, 4.69) is 9.80 Å². The zero-order chi connectivity index (χ0) is 17.1. The van der Waals surface area contributed by atoms with Gasteiger partial charge in [0.1, 0.15) is 24.1 Å². The van der Waals surface area contributed by atoms with Crippen molar-refractivity contribution in [3.8, 4) is 5.75 Å². The smallest absolute Gasteiger partial charge is 0.119 e. The largest absolute Gasteiger partial charge is 0.494 e. The number of hydrogen-bond donors (Lipinski definition) is 1. The minimum Gasteiger partial charge on any atom is -0.494 e. The van der Waals surface area contributed by atoms with E-state index in [1.807, 2.05) is 30.3 Å². The SMILES string of the molecule is Cl.Cl.O[C@H]1CO[C@H]2[C@@H]1OC[C@@H]2N1CCN(CCCOc2ccccc2)CC1. The average molecular weight is 421 g/mol. The Morgan fingerprint density at radius 2 is 1.67 bits per heavy atom. The molecule has 3 fully saturated rings. The van der Waals surface area contributed by atoms with Gasteiger partial charge in [0.05, 0.1) is 25.9 Å². The number of nitrogens with zero attached hydrogens (tertiary/aromatic N) is 2. The summed E-state index contributed by atoms with van der Waals surface area (Å²) in [4.78, 5) is 4.97. The first-order valence-electron chi connectivity index (χ1n) is 9.37. The van der Waals surface area contributed by atoms with Crippen LogP contribution in [0.4, 0.5) is 0 Å². The van der Waals surface area contributed by atoms with Crippen molar-refractivity contribution in [1.29, 1.82) is 0 Å². The molecule has 3 aliphatic rings. The molecule has 4 atom stereocenters. The zero-order valence-electron chi connectivity index (χ0n) is 15.4. The fourth-order valence-electron chi connectivity index (χ4n) is 4.09. The van der Waals surface area contributed by atoms with E-state index in [4.69, 9.17) is 14.2 Å². The van der Waals surface area contributed by atoms with Crippen molar-refractivity contribution in [1.82, 2.24) is 9.80 Å². The van der Waals surface area contributed by atoms with Crippen molar-refractivity contribution in [2.45, 2.75) is 30.8 Å². The molecule has 6 nitrogen and oxygen atoms in total. The van der Waals surface area contributed by atoms with Crippen LogP contribution in [0.25, 0.3) is 0 Å². The third-order valence-electron chi connectivity index (χ3n) is 5.51. The van der Waals surface area contributed by atoms with Crippen LogP contribution in [0, 0.1) is 0 Å².